The van der Waals surface area contributed by atoms with E-state index in [0.29, 0.717) is 5.92 Å². The molecule has 0 amide bonds. The van der Waals surface area contributed by atoms with Gasteiger partial charge in [-0.15, -0.1) is 0 Å². The van der Waals surface area contributed by atoms with Gasteiger partial charge in [0, 0.05) is 31.7 Å². The summed E-state index contributed by atoms with van der Waals surface area (Å²) in [7, 11) is 1.77. The first-order valence-corrected chi connectivity index (χ1v) is 6.97. The van der Waals surface area contributed by atoms with Crippen LogP contribution in [0.1, 0.15) is 27.2 Å². The molecule has 1 aromatic rings. The Balaban J connectivity index is 2.03. The van der Waals surface area contributed by atoms with Gasteiger partial charge in [0.05, 0.1) is 6.61 Å². The molecule has 0 spiro atoms. The Morgan fingerprint density at radius 1 is 1.42 bits per heavy atom. The summed E-state index contributed by atoms with van der Waals surface area (Å²) in [5, 5.41) is 3.42. The van der Waals surface area contributed by atoms with E-state index >= 15 is 0 Å². The van der Waals surface area contributed by atoms with Gasteiger partial charge in [0.15, 0.2) is 0 Å². The number of nitrogens with one attached hydrogen (secondary N) is 1. The third-order valence-electron chi connectivity index (χ3n) is 3.25. The quantitative estimate of drug-likeness (QED) is 0.906. The monoisotopic (exact) mass is 263 g/mol. The van der Waals surface area contributed by atoms with E-state index in [2.05, 4.69) is 43.1 Å². The molecule has 1 aromatic heterocycles. The van der Waals surface area contributed by atoms with Crippen LogP contribution in [-0.2, 0) is 4.74 Å². The van der Waals surface area contributed by atoms with Crippen molar-refractivity contribution in [2.24, 2.45) is 5.92 Å². The number of aromatic nitrogens is 1. The third-order valence-corrected chi connectivity index (χ3v) is 3.25. The zero-order valence-corrected chi connectivity index (χ0v) is 12.4. The fraction of sp³-hybridized carbons (Fsp3) is 0.667. The summed E-state index contributed by atoms with van der Waals surface area (Å²) in [5.41, 5.74) is 0.0369. The molecule has 1 fully saturated rings. The van der Waals surface area contributed by atoms with Crippen molar-refractivity contribution < 1.29 is 4.74 Å². The second-order valence-corrected chi connectivity index (χ2v) is 6.31. The SMILES string of the molecule is COCC1CCN(c2cccc(NC(C)(C)C)n2)C1. The summed E-state index contributed by atoms with van der Waals surface area (Å²) in [4.78, 5) is 7.05. The van der Waals surface area contributed by atoms with Gasteiger partial charge in [-0.3, -0.25) is 0 Å². The van der Waals surface area contributed by atoms with E-state index in [-0.39, 0.29) is 5.54 Å². The minimum absolute atomic E-state index is 0.0369. The van der Waals surface area contributed by atoms with Gasteiger partial charge in [-0.2, -0.15) is 0 Å². The summed E-state index contributed by atoms with van der Waals surface area (Å²) in [6, 6.07) is 6.18. The molecule has 0 aliphatic carbocycles. The van der Waals surface area contributed by atoms with Crippen LogP contribution >= 0.6 is 0 Å². The predicted molar refractivity (Wildman–Crippen MR) is 79.8 cm³/mol. The lowest BCUT2D eigenvalue weighted by atomic mass is 10.1. The zero-order chi connectivity index (χ0) is 13.9. The molecular weight excluding hydrogens is 238 g/mol. The standard InChI is InChI=1S/C15H25N3O/c1-15(2,3)17-13-6-5-7-14(16-13)18-9-8-12(10-18)11-19-4/h5-7,12H,8-11H2,1-4H3,(H,16,17). The highest BCUT2D eigenvalue weighted by atomic mass is 16.5. The molecule has 106 valence electrons. The Labute approximate surface area is 116 Å². The largest absolute Gasteiger partial charge is 0.384 e. The molecule has 0 saturated carbocycles. The van der Waals surface area contributed by atoms with Crippen molar-refractivity contribution in [2.75, 3.05) is 37.0 Å². The summed E-state index contributed by atoms with van der Waals surface area (Å²) in [5.74, 6) is 2.64. The molecule has 1 N–H and O–H groups in total. The van der Waals surface area contributed by atoms with Crippen LogP contribution in [0.25, 0.3) is 0 Å². The fourth-order valence-electron chi connectivity index (χ4n) is 2.47. The number of hydrogen-bond acceptors (Lipinski definition) is 4. The number of ether oxygens (including phenoxy) is 1. The van der Waals surface area contributed by atoms with Gasteiger partial charge in [-0.05, 0) is 39.3 Å². The Morgan fingerprint density at radius 2 is 2.21 bits per heavy atom. The molecule has 0 radical (unpaired) electrons. The smallest absolute Gasteiger partial charge is 0.130 e. The lowest BCUT2D eigenvalue weighted by Crippen LogP contribution is -2.27. The molecule has 2 heterocycles. The lowest BCUT2D eigenvalue weighted by Gasteiger charge is -2.23. The van der Waals surface area contributed by atoms with Gasteiger partial charge in [0.1, 0.15) is 11.6 Å². The number of anilines is 2. The predicted octanol–water partition coefficient (Wildman–Crippen LogP) is 2.76. The average molecular weight is 263 g/mol. The molecule has 4 nitrogen and oxygen atoms in total. The minimum Gasteiger partial charge on any atom is -0.384 e. The van der Waals surface area contributed by atoms with E-state index in [1.807, 2.05) is 6.07 Å². The van der Waals surface area contributed by atoms with E-state index in [4.69, 9.17) is 9.72 Å². The molecule has 2 rings (SSSR count). The van der Waals surface area contributed by atoms with Gasteiger partial charge >= 0.3 is 0 Å². The molecule has 1 aliphatic rings. The Morgan fingerprint density at radius 3 is 2.89 bits per heavy atom. The van der Waals surface area contributed by atoms with E-state index in [1.54, 1.807) is 7.11 Å². The molecule has 1 saturated heterocycles. The van der Waals surface area contributed by atoms with Crippen LogP contribution in [0.15, 0.2) is 18.2 Å². The highest BCUT2D eigenvalue weighted by Crippen LogP contribution is 2.24. The maximum Gasteiger partial charge on any atom is 0.130 e. The number of nitrogens with zero attached hydrogens (tertiary/aromatic N) is 2. The first kappa shape index (κ1) is 14.1. The van der Waals surface area contributed by atoms with E-state index in [1.165, 1.54) is 6.42 Å². The zero-order valence-electron chi connectivity index (χ0n) is 12.4. The Hall–Kier alpha value is -1.29. The van der Waals surface area contributed by atoms with Crippen LogP contribution in [0, 0.1) is 5.92 Å². The topological polar surface area (TPSA) is 37.4 Å². The summed E-state index contributed by atoms with van der Waals surface area (Å²) in [6.45, 7) is 9.39. The van der Waals surface area contributed by atoms with Gasteiger partial charge in [0.2, 0.25) is 0 Å². The minimum atomic E-state index is 0.0369. The lowest BCUT2D eigenvalue weighted by molar-refractivity contribution is 0.161. The highest BCUT2D eigenvalue weighted by Gasteiger charge is 2.23. The normalized spacial score (nSPS) is 19.8. The first-order valence-electron chi connectivity index (χ1n) is 6.97. The molecular formula is C15H25N3O. The van der Waals surface area contributed by atoms with Crippen LogP contribution in [0.5, 0.6) is 0 Å². The number of hydrogen-bond donors (Lipinski definition) is 1. The van der Waals surface area contributed by atoms with Crippen molar-refractivity contribution in [3.63, 3.8) is 0 Å². The molecule has 1 aliphatic heterocycles. The Bertz CT molecular complexity index is 414. The fourth-order valence-corrected chi connectivity index (χ4v) is 2.47. The second-order valence-electron chi connectivity index (χ2n) is 6.31. The summed E-state index contributed by atoms with van der Waals surface area (Å²) < 4.78 is 5.24. The first-order chi connectivity index (χ1) is 8.98. The van der Waals surface area contributed by atoms with Crippen LogP contribution in [-0.4, -0.2) is 37.3 Å². The Kier molecular flexibility index (Phi) is 4.30. The number of methoxy groups -OCH3 is 1. The van der Waals surface area contributed by atoms with Crippen LogP contribution in [0.4, 0.5) is 11.6 Å². The molecule has 4 heteroatoms. The summed E-state index contributed by atoms with van der Waals surface area (Å²) >= 11 is 0. The summed E-state index contributed by atoms with van der Waals surface area (Å²) in [6.07, 6.45) is 1.19. The van der Waals surface area contributed by atoms with Crippen molar-refractivity contribution in [1.29, 1.82) is 0 Å². The molecule has 1 atom stereocenters. The number of pyridine rings is 1. The maximum absolute atomic E-state index is 5.24. The molecule has 1 unspecified atom stereocenters. The van der Waals surface area contributed by atoms with Crippen molar-refractivity contribution >= 4 is 11.6 Å². The van der Waals surface area contributed by atoms with E-state index in [9.17, 15) is 0 Å². The van der Waals surface area contributed by atoms with Crippen molar-refractivity contribution in [2.45, 2.75) is 32.7 Å². The van der Waals surface area contributed by atoms with Crippen LogP contribution < -0.4 is 10.2 Å². The van der Waals surface area contributed by atoms with Gasteiger partial charge in [-0.25, -0.2) is 4.98 Å². The van der Waals surface area contributed by atoms with E-state index < -0.39 is 0 Å². The van der Waals surface area contributed by atoms with Crippen molar-refractivity contribution in [1.82, 2.24) is 4.98 Å². The molecule has 0 bridgehead atoms. The average Bonchev–Trinajstić information content (AvgIpc) is 2.76. The van der Waals surface area contributed by atoms with Gasteiger partial charge in [-0.1, -0.05) is 6.07 Å². The van der Waals surface area contributed by atoms with Gasteiger partial charge in [0.25, 0.3) is 0 Å². The number of rotatable bonds is 4. The third kappa shape index (κ3) is 4.10. The maximum atomic E-state index is 5.24. The van der Waals surface area contributed by atoms with Crippen LogP contribution in [0.3, 0.4) is 0 Å². The van der Waals surface area contributed by atoms with Crippen LogP contribution in [0.2, 0.25) is 0 Å². The second kappa shape index (κ2) is 5.78. The van der Waals surface area contributed by atoms with Crippen molar-refractivity contribution in [3.8, 4) is 0 Å². The van der Waals surface area contributed by atoms with E-state index in [0.717, 1.165) is 31.3 Å². The molecule has 19 heavy (non-hydrogen) atoms. The van der Waals surface area contributed by atoms with Crippen molar-refractivity contribution in [3.05, 3.63) is 18.2 Å². The van der Waals surface area contributed by atoms with Gasteiger partial charge < -0.3 is 15.0 Å². The molecule has 0 aromatic carbocycles. The highest BCUT2D eigenvalue weighted by molar-refractivity contribution is 5.48.